The molecule has 0 spiro atoms. The first-order valence-electron chi connectivity index (χ1n) is 9.05. The van der Waals surface area contributed by atoms with Crippen LogP contribution in [0.15, 0.2) is 15.7 Å². The zero-order valence-electron chi connectivity index (χ0n) is 15.4. The lowest BCUT2D eigenvalue weighted by Crippen LogP contribution is -2.47. The Balaban J connectivity index is 0.00000210. The number of hydrogen-bond acceptors (Lipinski definition) is 5. The molecule has 9 heteroatoms. The van der Waals surface area contributed by atoms with Crippen molar-refractivity contribution < 1.29 is 4.39 Å². The number of rotatable bonds is 2. The lowest BCUT2D eigenvalue weighted by molar-refractivity contribution is 0.398. The van der Waals surface area contributed by atoms with Gasteiger partial charge in [-0.05, 0) is 38.2 Å². The lowest BCUT2D eigenvalue weighted by atomic mass is 9.95. The number of benzene rings is 1. The monoisotopic (exact) mass is 397 g/mol. The third-order valence-corrected chi connectivity index (χ3v) is 5.49. The molecule has 4 rings (SSSR count). The topological polar surface area (TPSA) is 99.3 Å². The average Bonchev–Trinajstić information content (AvgIpc) is 3.38. The third-order valence-electron chi connectivity index (χ3n) is 5.49. The van der Waals surface area contributed by atoms with Crippen molar-refractivity contribution in [2.75, 3.05) is 23.8 Å². The van der Waals surface area contributed by atoms with E-state index in [1.165, 1.54) is 6.07 Å². The SMILES string of the molecule is Cc1c(N2C[C@@H](C)C[C@H](N)C2)c(F)cc2c(=O)n(N)c(=O)n(C3CC3)c12.Cl. The molecule has 0 radical (unpaired) electrons. The predicted molar refractivity (Wildman–Crippen MR) is 107 cm³/mol. The molecule has 0 amide bonds. The number of aryl methyl sites for hydroxylation is 1. The quantitative estimate of drug-likeness (QED) is 0.743. The van der Waals surface area contributed by atoms with Crippen molar-refractivity contribution in [1.29, 1.82) is 0 Å². The summed E-state index contributed by atoms with van der Waals surface area (Å²) in [5.41, 5.74) is 6.44. The Labute approximate surface area is 162 Å². The lowest BCUT2D eigenvalue weighted by Gasteiger charge is -2.37. The molecule has 2 aliphatic rings. The molecule has 1 aliphatic heterocycles. The average molecular weight is 398 g/mol. The molecular weight excluding hydrogens is 373 g/mol. The van der Waals surface area contributed by atoms with E-state index in [2.05, 4.69) is 6.92 Å². The van der Waals surface area contributed by atoms with Crippen LogP contribution in [-0.2, 0) is 0 Å². The van der Waals surface area contributed by atoms with Crippen LogP contribution in [0, 0.1) is 18.7 Å². The molecule has 0 unspecified atom stereocenters. The number of nitrogens with zero attached hydrogens (tertiary/aromatic N) is 3. The Morgan fingerprint density at radius 3 is 2.48 bits per heavy atom. The highest BCUT2D eigenvalue weighted by molar-refractivity contribution is 5.87. The normalized spacial score (nSPS) is 22.7. The number of hydrogen-bond donors (Lipinski definition) is 2. The van der Waals surface area contributed by atoms with Crippen molar-refractivity contribution >= 4 is 29.0 Å². The number of fused-ring (bicyclic) bond motifs is 1. The second-order valence-corrected chi connectivity index (χ2v) is 7.79. The van der Waals surface area contributed by atoms with E-state index >= 15 is 4.39 Å². The van der Waals surface area contributed by atoms with Crippen LogP contribution in [0.1, 0.15) is 37.8 Å². The highest BCUT2D eigenvalue weighted by atomic mass is 35.5. The molecule has 2 aromatic rings. The van der Waals surface area contributed by atoms with E-state index in [1.807, 2.05) is 4.90 Å². The van der Waals surface area contributed by atoms with Crippen molar-refractivity contribution in [2.45, 2.75) is 45.2 Å². The van der Waals surface area contributed by atoms with Gasteiger partial charge >= 0.3 is 5.69 Å². The van der Waals surface area contributed by atoms with Gasteiger partial charge in [-0.1, -0.05) is 6.92 Å². The molecule has 1 aromatic carbocycles. The van der Waals surface area contributed by atoms with E-state index in [0.717, 1.165) is 19.3 Å². The van der Waals surface area contributed by atoms with Crippen molar-refractivity contribution in [2.24, 2.45) is 11.7 Å². The first-order valence-corrected chi connectivity index (χ1v) is 9.05. The molecule has 1 aromatic heterocycles. The minimum atomic E-state index is -0.667. The van der Waals surface area contributed by atoms with Crippen molar-refractivity contribution in [3.63, 3.8) is 0 Å². The van der Waals surface area contributed by atoms with Gasteiger partial charge in [0, 0.05) is 30.7 Å². The highest BCUT2D eigenvalue weighted by Crippen LogP contribution is 2.38. The number of halogens is 2. The summed E-state index contributed by atoms with van der Waals surface area (Å²) in [6, 6.07) is 1.20. The smallest absolute Gasteiger partial charge is 0.350 e. The molecule has 2 atom stereocenters. The zero-order chi connectivity index (χ0) is 18.7. The fourth-order valence-electron chi connectivity index (χ4n) is 4.30. The van der Waals surface area contributed by atoms with E-state index in [1.54, 1.807) is 11.5 Å². The number of piperidine rings is 1. The summed E-state index contributed by atoms with van der Waals surface area (Å²) in [4.78, 5) is 27.0. The van der Waals surface area contributed by atoms with Crippen LogP contribution in [0.25, 0.3) is 10.9 Å². The van der Waals surface area contributed by atoms with E-state index in [4.69, 9.17) is 11.6 Å². The maximum absolute atomic E-state index is 15.0. The van der Waals surface area contributed by atoms with Crippen molar-refractivity contribution in [3.8, 4) is 0 Å². The molecule has 1 saturated carbocycles. The van der Waals surface area contributed by atoms with Crippen LogP contribution < -0.4 is 27.7 Å². The van der Waals surface area contributed by atoms with Crippen LogP contribution >= 0.6 is 12.4 Å². The fraction of sp³-hybridized carbons (Fsp3) is 0.556. The van der Waals surface area contributed by atoms with Gasteiger partial charge < -0.3 is 16.5 Å². The second-order valence-electron chi connectivity index (χ2n) is 7.79. The maximum atomic E-state index is 15.0. The number of nitrogen functional groups attached to an aromatic ring is 1. The van der Waals surface area contributed by atoms with E-state index in [9.17, 15) is 9.59 Å². The second kappa shape index (κ2) is 6.83. The van der Waals surface area contributed by atoms with Crippen LogP contribution in [0.5, 0.6) is 0 Å². The molecule has 4 N–H and O–H groups in total. The Kier molecular flexibility index (Phi) is 4.98. The summed E-state index contributed by atoms with van der Waals surface area (Å²) in [6.07, 6.45) is 2.60. The molecule has 2 heterocycles. The van der Waals surface area contributed by atoms with E-state index < -0.39 is 17.1 Å². The molecule has 27 heavy (non-hydrogen) atoms. The molecule has 0 bridgehead atoms. The summed E-state index contributed by atoms with van der Waals surface area (Å²) in [7, 11) is 0. The summed E-state index contributed by atoms with van der Waals surface area (Å²) in [6.45, 7) is 5.10. The van der Waals surface area contributed by atoms with Gasteiger partial charge in [0.2, 0.25) is 0 Å². The van der Waals surface area contributed by atoms with Crippen LogP contribution in [0.3, 0.4) is 0 Å². The van der Waals surface area contributed by atoms with Gasteiger partial charge in [0.1, 0.15) is 5.82 Å². The van der Waals surface area contributed by atoms with Crippen LogP contribution in [0.4, 0.5) is 10.1 Å². The van der Waals surface area contributed by atoms with Crippen molar-refractivity contribution in [1.82, 2.24) is 9.24 Å². The van der Waals surface area contributed by atoms with Crippen molar-refractivity contribution in [3.05, 3.63) is 38.3 Å². The van der Waals surface area contributed by atoms with E-state index in [0.29, 0.717) is 40.5 Å². The molecular formula is C18H25ClFN5O2. The third kappa shape index (κ3) is 3.10. The Bertz CT molecular complexity index is 1000. The summed E-state index contributed by atoms with van der Waals surface area (Å²) in [5, 5.41) is 0.145. The van der Waals surface area contributed by atoms with Crippen LogP contribution in [0.2, 0.25) is 0 Å². The fourth-order valence-corrected chi connectivity index (χ4v) is 4.30. The molecule has 1 saturated heterocycles. The number of nitrogens with two attached hydrogens (primary N) is 2. The predicted octanol–water partition coefficient (Wildman–Crippen LogP) is 1.25. The largest absolute Gasteiger partial charge is 0.367 e. The summed E-state index contributed by atoms with van der Waals surface area (Å²) < 4.78 is 17.2. The highest BCUT2D eigenvalue weighted by Gasteiger charge is 2.32. The molecule has 148 valence electrons. The molecule has 7 nitrogen and oxygen atoms in total. The summed E-state index contributed by atoms with van der Waals surface area (Å²) >= 11 is 0. The van der Waals surface area contributed by atoms with Gasteiger partial charge in [0.25, 0.3) is 5.56 Å². The van der Waals surface area contributed by atoms with E-state index in [-0.39, 0.29) is 29.9 Å². The number of anilines is 1. The number of aromatic nitrogens is 2. The van der Waals surface area contributed by atoms with Gasteiger partial charge in [0.15, 0.2) is 0 Å². The Morgan fingerprint density at radius 1 is 1.22 bits per heavy atom. The van der Waals surface area contributed by atoms with Gasteiger partial charge in [-0.15, -0.1) is 12.4 Å². The maximum Gasteiger partial charge on any atom is 0.350 e. The van der Waals surface area contributed by atoms with Gasteiger partial charge in [-0.25, -0.2) is 9.18 Å². The van der Waals surface area contributed by atoms with Gasteiger partial charge in [0.05, 0.1) is 16.6 Å². The minimum Gasteiger partial charge on any atom is -0.367 e. The molecule has 1 aliphatic carbocycles. The molecule has 2 fully saturated rings. The Hall–Kier alpha value is -2.06. The van der Waals surface area contributed by atoms with Gasteiger partial charge in [-0.2, -0.15) is 4.68 Å². The van der Waals surface area contributed by atoms with Crippen LogP contribution in [-0.4, -0.2) is 28.4 Å². The Morgan fingerprint density at radius 2 is 1.89 bits per heavy atom. The minimum absolute atomic E-state index is 0. The first kappa shape index (κ1) is 19.7. The first-order chi connectivity index (χ1) is 12.3. The van der Waals surface area contributed by atoms with Gasteiger partial charge in [-0.3, -0.25) is 9.36 Å². The summed E-state index contributed by atoms with van der Waals surface area (Å²) in [5.74, 6) is 5.52. The zero-order valence-corrected chi connectivity index (χ0v) is 16.3. The standard InChI is InChI=1S/C18H24FN5O2.ClH/c1-9-5-11(20)8-22(7-9)16-10(2)15-13(6-14(16)19)17(25)24(21)18(26)23(15)12-3-4-12;/h6,9,11-12H,3-5,7-8,20-21H2,1-2H3;1H/t9-,11-;/m0./s1.